The van der Waals surface area contributed by atoms with Crippen molar-refractivity contribution in [3.8, 4) is 5.75 Å². The van der Waals surface area contributed by atoms with Crippen molar-refractivity contribution in [3.63, 3.8) is 0 Å². The normalized spacial score (nSPS) is 15.0. The number of aromatic amines is 1. The molecule has 9 heteroatoms. The Labute approximate surface area is 185 Å². The molecule has 2 aromatic heterocycles. The Hall–Kier alpha value is -3.04. The number of ether oxygens (including phenoxy) is 1. The summed E-state index contributed by atoms with van der Waals surface area (Å²) in [6.45, 7) is 8.08. The number of piperazine rings is 1. The van der Waals surface area contributed by atoms with Gasteiger partial charge in [0.25, 0.3) is 0 Å². The third-order valence-electron chi connectivity index (χ3n) is 5.04. The number of thiazole rings is 1. The van der Waals surface area contributed by atoms with Crippen molar-refractivity contribution in [1.82, 2.24) is 30.0 Å². The van der Waals surface area contributed by atoms with Crippen LogP contribution in [0.1, 0.15) is 27.9 Å². The highest BCUT2D eigenvalue weighted by Gasteiger charge is 2.20. The molecule has 0 radical (unpaired) electrons. The zero-order valence-corrected chi connectivity index (χ0v) is 18.6. The molecule has 1 amide bonds. The molecule has 3 heterocycles. The van der Waals surface area contributed by atoms with Crippen LogP contribution < -0.4 is 4.74 Å². The van der Waals surface area contributed by atoms with Crippen molar-refractivity contribution in [2.45, 2.75) is 27.0 Å². The van der Waals surface area contributed by atoms with Crippen LogP contribution >= 0.6 is 11.3 Å². The van der Waals surface area contributed by atoms with Gasteiger partial charge in [0.2, 0.25) is 5.91 Å². The van der Waals surface area contributed by atoms with E-state index in [2.05, 4.69) is 25.1 Å². The van der Waals surface area contributed by atoms with E-state index in [0.717, 1.165) is 46.8 Å². The van der Waals surface area contributed by atoms with Crippen molar-refractivity contribution >= 4 is 23.3 Å². The summed E-state index contributed by atoms with van der Waals surface area (Å²) in [5.41, 5.74) is 1.90. The maximum Gasteiger partial charge on any atom is 0.246 e. The number of aromatic nitrogens is 4. The van der Waals surface area contributed by atoms with Gasteiger partial charge in [-0.3, -0.25) is 14.8 Å². The van der Waals surface area contributed by atoms with Gasteiger partial charge in [-0.05, 0) is 37.6 Å². The number of H-pyrrole nitrogens is 1. The standard InChI is InChI=1S/C22H26N6O2S/c1-16-23-21(26-25-16)13-27-9-11-28(12-10-27)22(29)8-5-18-3-6-20(7-4-18)30-14-19-15-31-17(2)24-19/h3-8,15H,9-14H2,1-2H3,(H,23,25,26)/b8-5+. The lowest BCUT2D eigenvalue weighted by Crippen LogP contribution is -2.47. The Bertz CT molecular complexity index is 1030. The van der Waals surface area contributed by atoms with Crippen molar-refractivity contribution in [2.24, 2.45) is 0 Å². The van der Waals surface area contributed by atoms with Gasteiger partial charge in [-0.15, -0.1) is 11.3 Å². The second-order valence-corrected chi connectivity index (χ2v) is 8.55. The van der Waals surface area contributed by atoms with E-state index in [1.54, 1.807) is 17.4 Å². The number of nitrogens with one attached hydrogen (secondary N) is 1. The number of nitrogens with zero attached hydrogens (tertiary/aromatic N) is 5. The molecule has 162 valence electrons. The van der Waals surface area contributed by atoms with E-state index in [1.165, 1.54) is 0 Å². The lowest BCUT2D eigenvalue weighted by Gasteiger charge is -2.33. The molecule has 1 aliphatic heterocycles. The Morgan fingerprint density at radius 3 is 2.58 bits per heavy atom. The van der Waals surface area contributed by atoms with Crippen molar-refractivity contribution in [1.29, 1.82) is 0 Å². The quantitative estimate of drug-likeness (QED) is 0.571. The lowest BCUT2D eigenvalue weighted by atomic mass is 10.2. The zero-order chi connectivity index (χ0) is 21.6. The highest BCUT2D eigenvalue weighted by molar-refractivity contribution is 7.09. The molecular weight excluding hydrogens is 412 g/mol. The average molecular weight is 439 g/mol. The van der Waals surface area contributed by atoms with Crippen LogP contribution in [0.4, 0.5) is 0 Å². The molecule has 4 rings (SSSR count). The fraction of sp³-hybridized carbons (Fsp3) is 0.364. The van der Waals surface area contributed by atoms with Gasteiger partial charge >= 0.3 is 0 Å². The molecule has 31 heavy (non-hydrogen) atoms. The van der Waals surface area contributed by atoms with Crippen LogP contribution in [-0.4, -0.2) is 62.1 Å². The minimum absolute atomic E-state index is 0.0348. The number of benzene rings is 1. The molecule has 1 aliphatic rings. The molecular formula is C22H26N6O2S. The number of hydrogen-bond donors (Lipinski definition) is 1. The first-order valence-electron chi connectivity index (χ1n) is 10.3. The monoisotopic (exact) mass is 438 g/mol. The minimum Gasteiger partial charge on any atom is -0.487 e. The molecule has 1 fully saturated rings. The average Bonchev–Trinajstić information content (AvgIpc) is 3.39. The van der Waals surface area contributed by atoms with E-state index in [1.807, 2.05) is 54.5 Å². The van der Waals surface area contributed by atoms with E-state index in [-0.39, 0.29) is 5.91 Å². The highest BCUT2D eigenvalue weighted by atomic mass is 32.1. The Kier molecular flexibility index (Phi) is 6.73. The smallest absolute Gasteiger partial charge is 0.246 e. The summed E-state index contributed by atoms with van der Waals surface area (Å²) >= 11 is 1.62. The van der Waals surface area contributed by atoms with Crippen molar-refractivity contribution < 1.29 is 9.53 Å². The topological polar surface area (TPSA) is 87.2 Å². The summed E-state index contributed by atoms with van der Waals surface area (Å²) in [5.74, 6) is 2.44. The first-order valence-corrected chi connectivity index (χ1v) is 11.1. The number of hydrogen-bond acceptors (Lipinski definition) is 7. The predicted octanol–water partition coefficient (Wildman–Crippen LogP) is 2.81. The molecule has 0 unspecified atom stereocenters. The van der Waals surface area contributed by atoms with E-state index in [9.17, 15) is 4.79 Å². The Morgan fingerprint density at radius 1 is 1.16 bits per heavy atom. The van der Waals surface area contributed by atoms with Crippen LogP contribution in [0.25, 0.3) is 6.08 Å². The van der Waals surface area contributed by atoms with E-state index >= 15 is 0 Å². The summed E-state index contributed by atoms with van der Waals surface area (Å²) in [4.78, 5) is 25.4. The van der Waals surface area contributed by atoms with Gasteiger partial charge in [0.15, 0.2) is 5.82 Å². The molecule has 0 bridgehead atoms. The lowest BCUT2D eigenvalue weighted by molar-refractivity contribution is -0.127. The molecule has 3 aromatic rings. The minimum atomic E-state index is 0.0348. The summed E-state index contributed by atoms with van der Waals surface area (Å²) in [6, 6.07) is 7.71. The van der Waals surface area contributed by atoms with E-state index in [4.69, 9.17) is 4.74 Å². The third-order valence-corrected chi connectivity index (χ3v) is 5.87. The number of carbonyl (C=O) groups is 1. The molecule has 1 aromatic carbocycles. The summed E-state index contributed by atoms with van der Waals surface area (Å²) in [7, 11) is 0. The second-order valence-electron chi connectivity index (χ2n) is 7.49. The largest absolute Gasteiger partial charge is 0.487 e. The van der Waals surface area contributed by atoms with Crippen LogP contribution in [0, 0.1) is 13.8 Å². The Morgan fingerprint density at radius 2 is 1.94 bits per heavy atom. The third kappa shape index (κ3) is 5.99. The summed E-state index contributed by atoms with van der Waals surface area (Å²) < 4.78 is 5.76. The maximum absolute atomic E-state index is 12.5. The van der Waals surface area contributed by atoms with Crippen LogP contribution in [0.5, 0.6) is 5.75 Å². The molecule has 1 saturated heterocycles. The number of amides is 1. The summed E-state index contributed by atoms with van der Waals surface area (Å²) in [5, 5.41) is 10.1. The molecule has 8 nitrogen and oxygen atoms in total. The van der Waals surface area contributed by atoms with Gasteiger partial charge in [-0.2, -0.15) is 5.10 Å². The molecule has 0 atom stereocenters. The van der Waals surface area contributed by atoms with Gasteiger partial charge in [-0.25, -0.2) is 9.97 Å². The van der Waals surface area contributed by atoms with E-state index < -0.39 is 0 Å². The first-order chi connectivity index (χ1) is 15.0. The molecule has 1 N–H and O–H groups in total. The molecule has 0 spiro atoms. The predicted molar refractivity (Wildman–Crippen MR) is 120 cm³/mol. The molecule has 0 aliphatic carbocycles. The zero-order valence-electron chi connectivity index (χ0n) is 17.7. The first kappa shape index (κ1) is 21.2. The van der Waals surface area contributed by atoms with Gasteiger partial charge in [0.05, 0.1) is 17.2 Å². The highest BCUT2D eigenvalue weighted by Crippen LogP contribution is 2.16. The maximum atomic E-state index is 12.5. The van der Waals surface area contributed by atoms with Crippen molar-refractivity contribution in [3.05, 3.63) is 63.6 Å². The van der Waals surface area contributed by atoms with Crippen LogP contribution in [0.15, 0.2) is 35.7 Å². The number of rotatable bonds is 7. The van der Waals surface area contributed by atoms with Crippen LogP contribution in [0.3, 0.4) is 0 Å². The van der Waals surface area contributed by atoms with Crippen LogP contribution in [0.2, 0.25) is 0 Å². The number of carbonyl (C=O) groups excluding carboxylic acids is 1. The van der Waals surface area contributed by atoms with Gasteiger partial charge in [-0.1, -0.05) is 12.1 Å². The number of aryl methyl sites for hydroxylation is 2. The van der Waals surface area contributed by atoms with E-state index in [0.29, 0.717) is 26.2 Å². The summed E-state index contributed by atoms with van der Waals surface area (Å²) in [6.07, 6.45) is 3.49. The fourth-order valence-corrected chi connectivity index (χ4v) is 3.96. The molecule has 0 saturated carbocycles. The van der Waals surface area contributed by atoms with Crippen molar-refractivity contribution in [2.75, 3.05) is 26.2 Å². The fourth-order valence-electron chi connectivity index (χ4n) is 3.37. The van der Waals surface area contributed by atoms with Gasteiger partial charge in [0, 0.05) is 37.6 Å². The van der Waals surface area contributed by atoms with Gasteiger partial charge in [0.1, 0.15) is 18.2 Å². The second kappa shape index (κ2) is 9.84. The van der Waals surface area contributed by atoms with Gasteiger partial charge < -0.3 is 9.64 Å². The Balaban J connectivity index is 1.22. The van der Waals surface area contributed by atoms with Crippen LogP contribution in [-0.2, 0) is 17.9 Å². The SMILES string of the molecule is Cc1nc(CN2CCN(C(=O)/C=C/c3ccc(OCc4csc(C)n4)cc3)CC2)n[nH]1.